The number of carbonyl (C=O) groups excluding carboxylic acids is 2. The van der Waals surface area contributed by atoms with Gasteiger partial charge in [0.25, 0.3) is 0 Å². The van der Waals surface area contributed by atoms with Crippen molar-refractivity contribution in [3.8, 4) is 17.6 Å². The number of nitrogens with one attached hydrogen (secondary N) is 1. The van der Waals surface area contributed by atoms with Crippen LogP contribution in [0.4, 0.5) is 5.69 Å². The second-order valence-electron chi connectivity index (χ2n) is 30.0. The van der Waals surface area contributed by atoms with Crippen LogP contribution < -0.4 is 10.2 Å². The molecular formula is C67H94N2O13S2. The number of aryl methyl sites for hydroxylation is 1. The van der Waals surface area contributed by atoms with Crippen LogP contribution in [0.5, 0.6) is 5.75 Å². The molecule has 17 heteroatoms. The molecule has 10 N–H and O–H groups in total. The maximum atomic E-state index is 16.7. The number of allylic oxidation sites excluding steroid dienone is 2. The van der Waals surface area contributed by atoms with Gasteiger partial charge in [0.15, 0.2) is 5.78 Å². The molecule has 15 nitrogen and oxygen atoms in total. The number of benzene rings is 1. The third-order valence-electron chi connectivity index (χ3n) is 26.4. The van der Waals surface area contributed by atoms with Crippen molar-refractivity contribution in [3.05, 3.63) is 47.6 Å². The summed E-state index contributed by atoms with van der Waals surface area (Å²) in [6, 6.07) is 5.33. The first-order valence-electron chi connectivity index (χ1n) is 32.2. The molecule has 1 amide bonds. The molecule has 84 heavy (non-hydrogen) atoms. The molecule has 8 aliphatic carbocycles. The fourth-order valence-corrected chi connectivity index (χ4v) is 25.1. The van der Waals surface area contributed by atoms with Crippen molar-refractivity contribution < 1.29 is 65.0 Å². The Morgan fingerprint density at radius 1 is 0.988 bits per heavy atom. The minimum atomic E-state index is -2.04. The van der Waals surface area contributed by atoms with E-state index in [0.29, 0.717) is 93.0 Å². The highest BCUT2D eigenvalue weighted by Crippen LogP contribution is 2.77. The molecule has 6 saturated carbocycles. The Bertz CT molecular complexity index is 2900. The highest BCUT2D eigenvalue weighted by atomic mass is 33.1. The highest BCUT2D eigenvalue weighted by Gasteiger charge is 2.80. The van der Waals surface area contributed by atoms with Crippen LogP contribution >= 0.6 is 21.6 Å². The van der Waals surface area contributed by atoms with E-state index in [4.69, 9.17) is 9.47 Å². The Morgan fingerprint density at radius 2 is 1.80 bits per heavy atom. The predicted octanol–water partition coefficient (Wildman–Crippen LogP) is 6.62. The van der Waals surface area contributed by atoms with Gasteiger partial charge in [0.2, 0.25) is 5.91 Å². The number of aliphatic hydroxyl groups is 8. The van der Waals surface area contributed by atoms with Gasteiger partial charge in [-0.3, -0.25) is 9.59 Å². The van der Waals surface area contributed by atoms with Gasteiger partial charge in [0.05, 0.1) is 41.3 Å². The van der Waals surface area contributed by atoms with Crippen LogP contribution in [-0.2, 0) is 25.5 Å². The molecule has 462 valence electrons. The van der Waals surface area contributed by atoms with Crippen molar-refractivity contribution in [1.29, 1.82) is 0 Å². The van der Waals surface area contributed by atoms with Crippen LogP contribution in [0.25, 0.3) is 0 Å². The number of rotatable bonds is 9. The molecular weight excluding hydrogens is 1100 g/mol. The fraction of sp³-hybridized carbons (Fsp3) is 0.791. The monoisotopic (exact) mass is 1200 g/mol. The molecule has 2 saturated heterocycles. The lowest BCUT2D eigenvalue weighted by molar-refractivity contribution is -0.235. The zero-order valence-electron chi connectivity index (χ0n) is 50.0. The number of anilines is 1. The predicted molar refractivity (Wildman–Crippen MR) is 321 cm³/mol. The van der Waals surface area contributed by atoms with E-state index in [-0.39, 0.29) is 85.8 Å². The van der Waals surface area contributed by atoms with E-state index in [1.807, 2.05) is 19.1 Å². The number of aromatic hydroxyl groups is 1. The number of amides is 1. The summed E-state index contributed by atoms with van der Waals surface area (Å²) in [6.45, 7) is 8.55. The number of ether oxygens (including phenoxy) is 2. The number of phenols is 1. The normalized spacial score (nSPS) is 49.6. The van der Waals surface area contributed by atoms with Crippen LogP contribution in [0, 0.1) is 98.1 Å². The minimum Gasteiger partial charge on any atom is -0.508 e. The van der Waals surface area contributed by atoms with E-state index in [0.717, 1.165) is 49.3 Å². The molecule has 23 atom stereocenters. The third-order valence-corrected chi connectivity index (χ3v) is 29.0. The zero-order chi connectivity index (χ0) is 59.4. The highest BCUT2D eigenvalue weighted by molar-refractivity contribution is 8.76. The Labute approximate surface area is 504 Å². The third kappa shape index (κ3) is 8.32. The lowest BCUT2D eigenvalue weighted by atomic mass is 9.38. The van der Waals surface area contributed by atoms with Crippen LogP contribution in [-0.4, -0.2) is 156 Å². The lowest BCUT2D eigenvalue weighted by Crippen LogP contribution is -2.72. The average molecular weight is 1200 g/mol. The standard InChI is InChI=1S/C67H94N2O13S2/c1-38(2)39(3)54-56(82-54)65(79)19-8-14-43-26-49-50-28-52(73)64(31-53(74)62(78,37-71)35-59(49,64)4)58(77)84-83-34-45-13-7-12-44(33-70)67(45)57(76)69(46-24-41(25-47(72)27-46)16-21-63(43)51(65)17-22-66(50,63)80)36-61(67)30-42-11-6-10-40-15-20-60(29-40,18-9-23-81-5)68-32-48(42)55(61)75/h8,14,24-25,27-28,38-40,42-45,48-49,51,53-56,58,68,70-72,74-75,77-80H,7,9-10,12-13,15-23,26,29-37H2,1-5H3. The second kappa shape index (κ2) is 21.3. The number of hydrogen-bond donors (Lipinski definition) is 10. The van der Waals surface area contributed by atoms with Gasteiger partial charge in [-0.2, -0.15) is 0 Å². The van der Waals surface area contributed by atoms with Crippen LogP contribution in [0.3, 0.4) is 0 Å². The summed E-state index contributed by atoms with van der Waals surface area (Å²) in [7, 11) is 4.20. The minimum absolute atomic E-state index is 0.0460. The van der Waals surface area contributed by atoms with Gasteiger partial charge in [0, 0.05) is 91.5 Å². The van der Waals surface area contributed by atoms with Crippen molar-refractivity contribution in [2.75, 3.05) is 50.7 Å². The Balaban J connectivity index is 0.975. The first-order chi connectivity index (χ1) is 40.0. The maximum absolute atomic E-state index is 16.7. The summed E-state index contributed by atoms with van der Waals surface area (Å²) in [5.74, 6) is 4.57. The SMILES string of the molecule is COCCCC12CCC(CC#CC3CC4(CN5C(=O)C46C(CO)CCCC6CSSC(O)C46CC(O)C(O)(CO)CC4(C)C4CC7C=CCC(O)(C8OC8C(C)C(C)C)C8CCC(O)(C4=CC6=O)C78CCc4cc(O)cc5c4)C(O)C3CN1)C2. The number of ketones is 1. The van der Waals surface area contributed by atoms with Crippen LogP contribution in [0.15, 0.2) is 42.0 Å². The van der Waals surface area contributed by atoms with Gasteiger partial charge in [-0.1, -0.05) is 73.8 Å². The van der Waals surface area contributed by atoms with Gasteiger partial charge in [-0.25, -0.2) is 0 Å². The second-order valence-corrected chi connectivity index (χ2v) is 32.5. The molecule has 1 aromatic carbocycles. The van der Waals surface area contributed by atoms with E-state index in [1.165, 1.54) is 10.8 Å². The molecule has 0 aromatic heterocycles. The fourth-order valence-electron chi connectivity index (χ4n) is 22.0. The van der Waals surface area contributed by atoms with E-state index in [2.05, 4.69) is 44.0 Å². The lowest BCUT2D eigenvalue weighted by Gasteiger charge is -2.68. The topological polar surface area (TPSA) is 253 Å². The Morgan fingerprint density at radius 3 is 2.56 bits per heavy atom. The van der Waals surface area contributed by atoms with Gasteiger partial charge >= 0.3 is 0 Å². The van der Waals surface area contributed by atoms with Crippen LogP contribution in [0.2, 0.25) is 0 Å². The van der Waals surface area contributed by atoms with E-state index < -0.39 is 110 Å². The molecule has 10 bridgehead atoms. The van der Waals surface area contributed by atoms with Crippen LogP contribution in [0.1, 0.15) is 142 Å². The van der Waals surface area contributed by atoms with E-state index in [9.17, 15) is 46.0 Å². The summed E-state index contributed by atoms with van der Waals surface area (Å²) in [5, 5.41) is 118. The summed E-state index contributed by atoms with van der Waals surface area (Å²) in [5.41, 5.74) is -11.7. The number of carbonyl (C=O) groups is 2. The van der Waals surface area contributed by atoms with Gasteiger partial charge in [0.1, 0.15) is 28.5 Å². The molecule has 15 rings (SSSR count). The van der Waals surface area contributed by atoms with Gasteiger partial charge in [-0.15, -0.1) is 5.92 Å². The number of epoxide rings is 1. The molecule has 6 aliphatic heterocycles. The number of nitrogens with zero attached hydrogens (tertiary/aromatic N) is 1. The smallest absolute Gasteiger partial charge is 0.234 e. The molecule has 8 fully saturated rings. The van der Waals surface area contributed by atoms with Crippen molar-refractivity contribution in [2.24, 2.45) is 86.3 Å². The number of phenolic OH excluding ortho intramolecular Hbond substituents is 1. The summed E-state index contributed by atoms with van der Waals surface area (Å²) >= 11 is 0. The number of hydrogen-bond acceptors (Lipinski definition) is 16. The quantitative estimate of drug-likeness (QED) is 0.0410. The number of methoxy groups -OCH3 is 1. The van der Waals surface area contributed by atoms with E-state index in [1.54, 1.807) is 30.2 Å². The first kappa shape index (κ1) is 60.4. The van der Waals surface area contributed by atoms with Crippen molar-refractivity contribution >= 4 is 39.0 Å². The summed E-state index contributed by atoms with van der Waals surface area (Å²) < 4.78 is 12.1. The van der Waals surface area contributed by atoms with E-state index >= 15 is 9.59 Å². The maximum Gasteiger partial charge on any atom is 0.234 e. The zero-order valence-corrected chi connectivity index (χ0v) is 51.6. The van der Waals surface area contributed by atoms with Gasteiger partial charge in [-0.05, 0) is 179 Å². The molecule has 23 unspecified atom stereocenters. The average Bonchev–Trinajstić information content (AvgIpc) is 1.26. The Kier molecular flexibility index (Phi) is 15.3. The molecule has 6 heterocycles. The summed E-state index contributed by atoms with van der Waals surface area (Å²) in [6.07, 6.45) is 11.6. The Hall–Kier alpha value is -2.54. The van der Waals surface area contributed by atoms with Gasteiger partial charge < -0.3 is 65.6 Å². The largest absolute Gasteiger partial charge is 0.508 e. The molecule has 1 aromatic rings. The first-order valence-corrected chi connectivity index (χ1v) is 34.6. The number of aliphatic hydroxyl groups excluding tert-OH is 5. The van der Waals surface area contributed by atoms with Crippen molar-refractivity contribution in [2.45, 2.75) is 195 Å². The number of fused-ring (bicyclic) bond motifs is 4. The molecule has 0 radical (unpaired) electrons. The molecule has 4 spiro atoms. The summed E-state index contributed by atoms with van der Waals surface area (Å²) in [4.78, 5) is 34.5. The molecule has 14 aliphatic rings. The van der Waals surface area contributed by atoms with Crippen molar-refractivity contribution in [3.63, 3.8) is 0 Å². The van der Waals surface area contributed by atoms with Crippen molar-refractivity contribution in [1.82, 2.24) is 5.32 Å².